The lowest BCUT2D eigenvalue weighted by Gasteiger charge is -2.38. The van der Waals surface area contributed by atoms with Crippen molar-refractivity contribution in [2.45, 2.75) is 64.5 Å². The topological polar surface area (TPSA) is 50.1 Å². The summed E-state index contributed by atoms with van der Waals surface area (Å²) in [7, 11) is 0. The van der Waals surface area contributed by atoms with Crippen LogP contribution in [0.25, 0.3) is 0 Å². The van der Waals surface area contributed by atoms with E-state index in [9.17, 15) is 5.11 Å². The third-order valence-electron chi connectivity index (χ3n) is 4.73. The third-order valence-corrected chi connectivity index (χ3v) is 4.73. The standard InChI is InChI=1S/C16H29N3O/c1-15(6-12-19-11-5-10-18-19)17-14-16(9-13-20)7-3-2-4-8-16/h5,10-11,15,17,20H,2-4,6-9,12-14H2,1H3. The summed E-state index contributed by atoms with van der Waals surface area (Å²) in [4.78, 5) is 0. The van der Waals surface area contributed by atoms with E-state index in [4.69, 9.17) is 0 Å². The Labute approximate surface area is 122 Å². The van der Waals surface area contributed by atoms with E-state index in [-0.39, 0.29) is 0 Å². The van der Waals surface area contributed by atoms with Crippen LogP contribution in [0.2, 0.25) is 0 Å². The molecule has 1 saturated carbocycles. The molecular formula is C16H29N3O. The van der Waals surface area contributed by atoms with Gasteiger partial charge in [0.2, 0.25) is 0 Å². The van der Waals surface area contributed by atoms with Gasteiger partial charge in [0.1, 0.15) is 0 Å². The molecule has 0 saturated heterocycles. The Morgan fingerprint density at radius 2 is 2.15 bits per heavy atom. The SMILES string of the molecule is CC(CCn1cccn1)NCC1(CCO)CCCCC1. The minimum absolute atomic E-state index is 0.323. The van der Waals surface area contributed by atoms with Gasteiger partial charge in [-0.05, 0) is 44.1 Å². The molecule has 1 aromatic heterocycles. The van der Waals surface area contributed by atoms with E-state index in [0.717, 1.165) is 25.9 Å². The zero-order chi connectivity index (χ0) is 14.3. The molecule has 0 aliphatic heterocycles. The maximum absolute atomic E-state index is 9.34. The van der Waals surface area contributed by atoms with Crippen molar-refractivity contribution in [1.82, 2.24) is 15.1 Å². The second-order valence-corrected chi connectivity index (χ2v) is 6.37. The number of aliphatic hydroxyl groups excluding tert-OH is 1. The van der Waals surface area contributed by atoms with Gasteiger partial charge >= 0.3 is 0 Å². The molecule has 2 N–H and O–H groups in total. The molecule has 0 spiro atoms. The Kier molecular flexibility index (Phi) is 6.05. The Balaban J connectivity index is 1.73. The zero-order valence-electron chi connectivity index (χ0n) is 12.7. The second kappa shape index (κ2) is 7.79. The fraction of sp³-hybridized carbons (Fsp3) is 0.812. The van der Waals surface area contributed by atoms with Gasteiger partial charge in [0, 0.05) is 38.1 Å². The van der Waals surface area contributed by atoms with Crippen molar-refractivity contribution < 1.29 is 5.11 Å². The van der Waals surface area contributed by atoms with E-state index in [0.29, 0.717) is 18.1 Å². The van der Waals surface area contributed by atoms with Gasteiger partial charge in [-0.15, -0.1) is 0 Å². The third kappa shape index (κ3) is 4.60. The molecule has 0 radical (unpaired) electrons. The molecule has 4 heteroatoms. The molecule has 1 heterocycles. The van der Waals surface area contributed by atoms with Crippen LogP contribution < -0.4 is 5.32 Å². The van der Waals surface area contributed by atoms with Gasteiger partial charge in [0.25, 0.3) is 0 Å². The van der Waals surface area contributed by atoms with E-state index < -0.39 is 0 Å². The maximum atomic E-state index is 9.34. The summed E-state index contributed by atoms with van der Waals surface area (Å²) >= 11 is 0. The minimum atomic E-state index is 0.323. The van der Waals surface area contributed by atoms with Crippen LogP contribution in [-0.2, 0) is 6.54 Å². The van der Waals surface area contributed by atoms with Crippen molar-refractivity contribution >= 4 is 0 Å². The summed E-state index contributed by atoms with van der Waals surface area (Å²) in [6.07, 6.45) is 12.4. The molecule has 20 heavy (non-hydrogen) atoms. The van der Waals surface area contributed by atoms with E-state index in [1.807, 2.05) is 23.1 Å². The van der Waals surface area contributed by atoms with Crippen LogP contribution in [-0.4, -0.2) is 34.1 Å². The highest BCUT2D eigenvalue weighted by molar-refractivity contribution is 4.86. The fourth-order valence-electron chi connectivity index (χ4n) is 3.31. The van der Waals surface area contributed by atoms with E-state index in [1.54, 1.807) is 0 Å². The summed E-state index contributed by atoms with van der Waals surface area (Å²) < 4.78 is 1.99. The molecule has 0 amide bonds. The van der Waals surface area contributed by atoms with E-state index >= 15 is 0 Å². The average molecular weight is 279 g/mol. The van der Waals surface area contributed by atoms with Gasteiger partial charge < -0.3 is 10.4 Å². The average Bonchev–Trinajstić information content (AvgIpc) is 2.98. The van der Waals surface area contributed by atoms with Gasteiger partial charge in [0.05, 0.1) is 0 Å². The van der Waals surface area contributed by atoms with E-state index in [2.05, 4.69) is 17.3 Å². The number of rotatable bonds is 8. The molecule has 0 aromatic carbocycles. The van der Waals surface area contributed by atoms with Crippen molar-refractivity contribution in [2.24, 2.45) is 5.41 Å². The Morgan fingerprint density at radius 3 is 2.80 bits per heavy atom. The van der Waals surface area contributed by atoms with Crippen LogP contribution in [0, 0.1) is 5.41 Å². The molecule has 4 nitrogen and oxygen atoms in total. The number of aromatic nitrogens is 2. The number of aryl methyl sites for hydroxylation is 1. The molecule has 1 aromatic rings. The van der Waals surface area contributed by atoms with Crippen molar-refractivity contribution in [1.29, 1.82) is 0 Å². The molecule has 1 unspecified atom stereocenters. The summed E-state index contributed by atoms with van der Waals surface area (Å²) in [6, 6.07) is 2.47. The molecular weight excluding hydrogens is 250 g/mol. The quantitative estimate of drug-likeness (QED) is 0.769. The number of nitrogens with one attached hydrogen (secondary N) is 1. The van der Waals surface area contributed by atoms with Crippen LogP contribution in [0.3, 0.4) is 0 Å². The monoisotopic (exact) mass is 279 g/mol. The first-order valence-corrected chi connectivity index (χ1v) is 8.06. The largest absolute Gasteiger partial charge is 0.396 e. The normalized spacial score (nSPS) is 19.9. The summed E-state index contributed by atoms with van der Waals surface area (Å²) in [6.45, 7) is 4.59. The van der Waals surface area contributed by atoms with Crippen molar-refractivity contribution in [3.05, 3.63) is 18.5 Å². The predicted molar refractivity (Wildman–Crippen MR) is 81.5 cm³/mol. The lowest BCUT2D eigenvalue weighted by atomic mass is 9.72. The van der Waals surface area contributed by atoms with Gasteiger partial charge in [0.15, 0.2) is 0 Å². The van der Waals surface area contributed by atoms with Gasteiger partial charge in [-0.25, -0.2) is 0 Å². The number of hydrogen-bond donors (Lipinski definition) is 2. The molecule has 2 rings (SSSR count). The highest BCUT2D eigenvalue weighted by Gasteiger charge is 2.31. The zero-order valence-corrected chi connectivity index (χ0v) is 12.7. The van der Waals surface area contributed by atoms with Gasteiger partial charge in [-0.3, -0.25) is 4.68 Å². The number of hydrogen-bond acceptors (Lipinski definition) is 3. The predicted octanol–water partition coefficient (Wildman–Crippen LogP) is 2.58. The van der Waals surface area contributed by atoms with Gasteiger partial charge in [-0.2, -0.15) is 5.10 Å². The van der Waals surface area contributed by atoms with Crippen molar-refractivity contribution in [3.63, 3.8) is 0 Å². The second-order valence-electron chi connectivity index (χ2n) is 6.37. The van der Waals surface area contributed by atoms with Crippen LogP contribution in [0.1, 0.15) is 51.9 Å². The van der Waals surface area contributed by atoms with Crippen LogP contribution >= 0.6 is 0 Å². The smallest absolute Gasteiger partial charge is 0.0489 e. The summed E-state index contributed by atoms with van der Waals surface area (Å²) in [5.74, 6) is 0. The minimum Gasteiger partial charge on any atom is -0.396 e. The highest BCUT2D eigenvalue weighted by Crippen LogP contribution is 2.38. The fourth-order valence-corrected chi connectivity index (χ4v) is 3.31. The molecule has 1 fully saturated rings. The van der Waals surface area contributed by atoms with Crippen molar-refractivity contribution in [2.75, 3.05) is 13.2 Å². The molecule has 114 valence electrons. The molecule has 0 bridgehead atoms. The number of aliphatic hydroxyl groups is 1. The number of nitrogens with zero attached hydrogens (tertiary/aromatic N) is 2. The lowest BCUT2D eigenvalue weighted by molar-refractivity contribution is 0.122. The first-order chi connectivity index (χ1) is 9.74. The summed E-state index contributed by atoms with van der Waals surface area (Å²) in [5.41, 5.74) is 0.340. The first kappa shape index (κ1) is 15.5. The Hall–Kier alpha value is -0.870. The van der Waals surface area contributed by atoms with Crippen molar-refractivity contribution in [3.8, 4) is 0 Å². The summed E-state index contributed by atoms with van der Waals surface area (Å²) in [5, 5.41) is 17.3. The molecule has 1 atom stereocenters. The maximum Gasteiger partial charge on any atom is 0.0489 e. The van der Waals surface area contributed by atoms with Gasteiger partial charge in [-0.1, -0.05) is 19.3 Å². The van der Waals surface area contributed by atoms with Crippen LogP contribution in [0.4, 0.5) is 0 Å². The highest BCUT2D eigenvalue weighted by atomic mass is 16.3. The van der Waals surface area contributed by atoms with Crippen LogP contribution in [0.5, 0.6) is 0 Å². The first-order valence-electron chi connectivity index (χ1n) is 8.06. The Bertz CT molecular complexity index is 352. The molecule has 1 aliphatic rings. The van der Waals surface area contributed by atoms with E-state index in [1.165, 1.54) is 32.1 Å². The lowest BCUT2D eigenvalue weighted by Crippen LogP contribution is -2.41. The molecule has 1 aliphatic carbocycles. The van der Waals surface area contributed by atoms with Crippen LogP contribution in [0.15, 0.2) is 18.5 Å². The Morgan fingerprint density at radius 1 is 1.35 bits per heavy atom.